The molecule has 2 rings (SSSR count). The van der Waals surface area contributed by atoms with E-state index in [1.165, 1.54) is 11.5 Å². The lowest BCUT2D eigenvalue weighted by Gasteiger charge is -2.18. The Labute approximate surface area is 109 Å². The summed E-state index contributed by atoms with van der Waals surface area (Å²) >= 11 is 3.97. The van der Waals surface area contributed by atoms with Crippen molar-refractivity contribution in [2.45, 2.75) is 23.5 Å². The summed E-state index contributed by atoms with van der Waals surface area (Å²) in [4.78, 5) is 11.5. The molecule has 2 fully saturated rings. The van der Waals surface area contributed by atoms with E-state index in [0.717, 1.165) is 13.0 Å². The van der Waals surface area contributed by atoms with Gasteiger partial charge in [-0.25, -0.2) is 0 Å². The summed E-state index contributed by atoms with van der Waals surface area (Å²) in [5.74, 6) is 2.33. The van der Waals surface area contributed by atoms with Crippen molar-refractivity contribution in [1.82, 2.24) is 5.32 Å². The van der Waals surface area contributed by atoms with Crippen molar-refractivity contribution in [2.24, 2.45) is 0 Å². The number of hydrogen-bond donors (Lipinski definition) is 1. The van der Waals surface area contributed by atoms with Crippen LogP contribution in [0.1, 0.15) is 13.3 Å². The monoisotopic (exact) mass is 313 g/mol. The van der Waals surface area contributed by atoms with Gasteiger partial charge in [-0.15, -0.1) is 40.5 Å². The van der Waals surface area contributed by atoms with E-state index < -0.39 is 0 Å². The van der Waals surface area contributed by atoms with Crippen LogP contribution >= 0.6 is 40.5 Å². The van der Waals surface area contributed by atoms with Crippen LogP contribution in [0.25, 0.3) is 0 Å². The second-order valence-corrected chi connectivity index (χ2v) is 6.71. The van der Waals surface area contributed by atoms with Gasteiger partial charge in [-0.3, -0.25) is 4.79 Å². The van der Waals surface area contributed by atoms with Gasteiger partial charge in [-0.05, 0) is 13.3 Å². The number of halogens is 1. The molecule has 88 valence electrons. The standard InChI is InChI=1S/C9H15NO2S2.BrH/c1-2-12-8(11)7-5-9(6-10-7)13-3-4-14-9;/h7,10H,2-6H2,1H3;1H/t7-;/m0./s1. The highest BCUT2D eigenvalue weighted by molar-refractivity contribution is 8.93. The molecule has 0 radical (unpaired) electrons. The van der Waals surface area contributed by atoms with Crippen LogP contribution in [0.4, 0.5) is 0 Å². The molecule has 2 aliphatic rings. The van der Waals surface area contributed by atoms with E-state index >= 15 is 0 Å². The van der Waals surface area contributed by atoms with Crippen molar-refractivity contribution in [2.75, 3.05) is 24.7 Å². The summed E-state index contributed by atoms with van der Waals surface area (Å²) in [5.41, 5.74) is 0. The van der Waals surface area contributed by atoms with Gasteiger partial charge in [0.05, 0.1) is 10.7 Å². The summed E-state index contributed by atoms with van der Waals surface area (Å²) < 4.78 is 5.27. The van der Waals surface area contributed by atoms with Crippen molar-refractivity contribution < 1.29 is 9.53 Å². The fourth-order valence-electron chi connectivity index (χ4n) is 1.86. The Morgan fingerprint density at radius 3 is 2.80 bits per heavy atom. The van der Waals surface area contributed by atoms with Gasteiger partial charge >= 0.3 is 5.97 Å². The van der Waals surface area contributed by atoms with Crippen molar-refractivity contribution in [3.63, 3.8) is 0 Å². The highest BCUT2D eigenvalue weighted by Crippen LogP contribution is 2.49. The molecule has 0 saturated carbocycles. The SMILES string of the molecule is Br.CCOC(=O)[C@@H]1CC2(CN1)SCCS2. The van der Waals surface area contributed by atoms with Gasteiger partial charge in [-0.1, -0.05) is 0 Å². The lowest BCUT2D eigenvalue weighted by Crippen LogP contribution is -2.32. The van der Waals surface area contributed by atoms with Crippen LogP contribution < -0.4 is 5.32 Å². The fourth-order valence-corrected chi connectivity index (χ4v) is 5.04. The Morgan fingerprint density at radius 2 is 2.20 bits per heavy atom. The van der Waals surface area contributed by atoms with E-state index in [4.69, 9.17) is 4.74 Å². The second-order valence-electron chi connectivity index (χ2n) is 3.50. The molecule has 0 aliphatic carbocycles. The zero-order valence-corrected chi connectivity index (χ0v) is 12.0. The molecule has 1 N–H and O–H groups in total. The average molecular weight is 314 g/mol. The molecule has 0 aromatic rings. The van der Waals surface area contributed by atoms with E-state index in [2.05, 4.69) is 5.32 Å². The Morgan fingerprint density at radius 1 is 1.53 bits per heavy atom. The van der Waals surface area contributed by atoms with Gasteiger partial charge in [-0.2, -0.15) is 0 Å². The van der Waals surface area contributed by atoms with Crippen LogP contribution in [0.5, 0.6) is 0 Å². The Balaban J connectivity index is 0.00000112. The molecule has 6 heteroatoms. The molecule has 0 aromatic heterocycles. The van der Waals surface area contributed by atoms with Gasteiger partial charge in [0, 0.05) is 18.1 Å². The summed E-state index contributed by atoms with van der Waals surface area (Å²) in [6, 6.07) is -0.0759. The third kappa shape index (κ3) is 3.05. The fraction of sp³-hybridized carbons (Fsp3) is 0.889. The third-order valence-corrected chi connectivity index (χ3v) is 5.97. The molecule has 2 aliphatic heterocycles. The van der Waals surface area contributed by atoms with Crippen LogP contribution in [0, 0.1) is 0 Å². The molecule has 2 saturated heterocycles. The van der Waals surface area contributed by atoms with Crippen molar-refractivity contribution >= 4 is 46.5 Å². The van der Waals surface area contributed by atoms with Crippen molar-refractivity contribution in [1.29, 1.82) is 0 Å². The van der Waals surface area contributed by atoms with Gasteiger partial charge in [0.15, 0.2) is 0 Å². The molecular formula is C9H16BrNO2S2. The van der Waals surface area contributed by atoms with E-state index in [-0.39, 0.29) is 33.1 Å². The Hall–Kier alpha value is 0.610. The number of nitrogens with one attached hydrogen (secondary N) is 1. The van der Waals surface area contributed by atoms with Crippen LogP contribution in [-0.4, -0.2) is 40.7 Å². The quantitative estimate of drug-likeness (QED) is 0.785. The lowest BCUT2D eigenvalue weighted by atomic mass is 10.2. The second kappa shape index (κ2) is 5.80. The molecule has 0 unspecified atom stereocenters. The molecule has 1 spiro atoms. The highest BCUT2D eigenvalue weighted by Gasteiger charge is 2.45. The van der Waals surface area contributed by atoms with Crippen LogP contribution in [0.3, 0.4) is 0 Å². The number of carbonyl (C=O) groups excluding carboxylic acids is 1. The molecule has 0 aromatic carbocycles. The average Bonchev–Trinajstić information content (AvgIpc) is 2.78. The first-order valence-corrected chi connectivity index (χ1v) is 6.91. The predicted octanol–water partition coefficient (Wildman–Crippen LogP) is 1.67. The van der Waals surface area contributed by atoms with Crippen LogP contribution in [0.2, 0.25) is 0 Å². The minimum atomic E-state index is -0.0857. The Kier molecular flexibility index (Phi) is 5.28. The zero-order chi connectivity index (χ0) is 10.0. The number of hydrogen-bond acceptors (Lipinski definition) is 5. The highest BCUT2D eigenvalue weighted by atomic mass is 79.9. The summed E-state index contributed by atoms with van der Waals surface area (Å²) in [5, 5.41) is 3.26. The van der Waals surface area contributed by atoms with E-state index in [1.807, 2.05) is 30.4 Å². The molecule has 1 atom stereocenters. The van der Waals surface area contributed by atoms with E-state index in [9.17, 15) is 4.79 Å². The topological polar surface area (TPSA) is 38.3 Å². The number of ether oxygens (including phenoxy) is 1. The van der Waals surface area contributed by atoms with Gasteiger partial charge < -0.3 is 10.1 Å². The lowest BCUT2D eigenvalue weighted by molar-refractivity contribution is -0.145. The van der Waals surface area contributed by atoms with Crippen LogP contribution in [0.15, 0.2) is 0 Å². The van der Waals surface area contributed by atoms with Gasteiger partial charge in [0.25, 0.3) is 0 Å². The molecule has 2 heterocycles. The maximum absolute atomic E-state index is 11.5. The summed E-state index contributed by atoms with van der Waals surface area (Å²) in [6.45, 7) is 3.26. The minimum absolute atomic E-state index is 0. The molecule has 15 heavy (non-hydrogen) atoms. The summed E-state index contributed by atoms with van der Waals surface area (Å²) in [7, 11) is 0. The normalized spacial score (nSPS) is 27.7. The maximum Gasteiger partial charge on any atom is 0.323 e. The van der Waals surface area contributed by atoms with Crippen LogP contribution in [-0.2, 0) is 9.53 Å². The largest absolute Gasteiger partial charge is 0.465 e. The van der Waals surface area contributed by atoms with Crippen molar-refractivity contribution in [3.05, 3.63) is 0 Å². The number of carbonyl (C=O) groups is 1. The molecule has 0 bridgehead atoms. The van der Waals surface area contributed by atoms with E-state index in [0.29, 0.717) is 6.61 Å². The summed E-state index contributed by atoms with van der Waals surface area (Å²) in [6.07, 6.45) is 0.918. The maximum atomic E-state index is 11.5. The molecular weight excluding hydrogens is 298 g/mol. The number of rotatable bonds is 2. The first-order chi connectivity index (χ1) is 6.76. The third-order valence-electron chi connectivity index (χ3n) is 2.52. The minimum Gasteiger partial charge on any atom is -0.465 e. The van der Waals surface area contributed by atoms with Gasteiger partial charge in [0.1, 0.15) is 6.04 Å². The predicted molar refractivity (Wildman–Crippen MR) is 71.0 cm³/mol. The smallest absolute Gasteiger partial charge is 0.323 e. The number of thioether (sulfide) groups is 2. The van der Waals surface area contributed by atoms with Crippen molar-refractivity contribution in [3.8, 4) is 0 Å². The first-order valence-electron chi connectivity index (χ1n) is 4.94. The van der Waals surface area contributed by atoms with E-state index in [1.54, 1.807) is 0 Å². The molecule has 0 amide bonds. The van der Waals surface area contributed by atoms with Gasteiger partial charge in [0.2, 0.25) is 0 Å². The molecule has 3 nitrogen and oxygen atoms in total. The Bertz CT molecular complexity index is 234. The zero-order valence-electron chi connectivity index (χ0n) is 8.65. The first kappa shape index (κ1) is 13.7. The number of esters is 1.